The fraction of sp³-hybridized carbons (Fsp3) is 0.371. The summed E-state index contributed by atoms with van der Waals surface area (Å²) in [5, 5.41) is 11.8. The number of alkyl halides is 2. The summed E-state index contributed by atoms with van der Waals surface area (Å²) in [6.07, 6.45) is 1.73. The number of hydrogen-bond donors (Lipinski definition) is 0. The Morgan fingerprint density at radius 3 is 2.44 bits per heavy atom. The summed E-state index contributed by atoms with van der Waals surface area (Å²) in [5.41, 5.74) is 2.57. The molecular weight excluding hydrogens is 653 g/mol. The summed E-state index contributed by atoms with van der Waals surface area (Å²) in [6, 6.07) is 11.4. The Morgan fingerprint density at radius 1 is 1.06 bits per heavy atom. The monoisotopic (exact) mass is 690 g/mol. The minimum absolute atomic E-state index is 0.0808. The molecule has 0 radical (unpaired) electrons. The lowest BCUT2D eigenvalue weighted by atomic mass is 9.99. The third-order valence-corrected chi connectivity index (χ3v) is 8.49. The molecule has 1 fully saturated rings. The molecule has 5 aromatic rings. The molecule has 0 N–H and O–H groups in total. The Hall–Kier alpha value is -5.31. The van der Waals surface area contributed by atoms with Crippen molar-refractivity contribution in [2.75, 3.05) is 37.0 Å². The van der Waals surface area contributed by atoms with Gasteiger partial charge in [-0.05, 0) is 95.7 Å². The van der Waals surface area contributed by atoms with E-state index >= 15 is 4.39 Å². The molecule has 0 aliphatic carbocycles. The number of ether oxygens (including phenoxy) is 1. The number of fused-ring (bicyclic) bond motifs is 1. The van der Waals surface area contributed by atoms with Gasteiger partial charge in [-0.15, -0.1) is 10.2 Å². The molecule has 1 aliphatic heterocycles. The first kappa shape index (κ1) is 34.5. The lowest BCUT2D eigenvalue weighted by Crippen LogP contribution is -2.43. The Bertz CT molecular complexity index is 2000. The molecule has 0 unspecified atom stereocenters. The van der Waals surface area contributed by atoms with Crippen molar-refractivity contribution < 1.29 is 31.9 Å². The van der Waals surface area contributed by atoms with Crippen LogP contribution in [0.4, 0.5) is 29.3 Å². The zero-order chi connectivity index (χ0) is 35.7. The van der Waals surface area contributed by atoms with E-state index in [0.717, 1.165) is 32.3 Å². The van der Waals surface area contributed by atoms with Crippen molar-refractivity contribution in [1.29, 1.82) is 0 Å². The molecule has 0 spiro atoms. The highest BCUT2D eigenvalue weighted by Crippen LogP contribution is 2.39. The lowest BCUT2D eigenvalue weighted by Gasteiger charge is -2.37. The van der Waals surface area contributed by atoms with E-state index < -0.39 is 29.8 Å². The third-order valence-electron chi connectivity index (χ3n) is 8.49. The van der Waals surface area contributed by atoms with Crippen molar-refractivity contribution >= 4 is 34.8 Å². The van der Waals surface area contributed by atoms with Gasteiger partial charge in [-0.3, -0.25) is 9.78 Å². The molecule has 1 aliphatic rings. The molecule has 2 aromatic carbocycles. The summed E-state index contributed by atoms with van der Waals surface area (Å²) < 4.78 is 53.7. The zero-order valence-electron chi connectivity index (χ0n) is 28.3. The molecule has 0 atom stereocenters. The first-order valence-electron chi connectivity index (χ1n) is 16.1. The molecule has 1 saturated heterocycles. The summed E-state index contributed by atoms with van der Waals surface area (Å²) in [5.74, 6) is -1.37. The Morgan fingerprint density at radius 2 is 1.80 bits per heavy atom. The second kappa shape index (κ2) is 13.9. The fourth-order valence-electron chi connectivity index (χ4n) is 5.96. The van der Waals surface area contributed by atoms with Crippen LogP contribution < -0.4 is 9.80 Å². The smallest absolute Gasteiger partial charge is 0.435 e. The van der Waals surface area contributed by atoms with Crippen LogP contribution in [0.1, 0.15) is 51.6 Å². The van der Waals surface area contributed by atoms with E-state index in [-0.39, 0.29) is 24.0 Å². The SMILES string of the molecule is CN1CCC(N(C=O)c2cc(-c3ccc4c(cnn4C(=O)OC(C)(C)C)c3)c(F)cc2N(C)Cc2ccc(-c3nnc(C(F)F)o3)cn2)CC1. The van der Waals surface area contributed by atoms with Crippen LogP contribution in [0.3, 0.4) is 0 Å². The van der Waals surface area contributed by atoms with E-state index in [0.29, 0.717) is 39.1 Å². The molecule has 4 heterocycles. The highest BCUT2D eigenvalue weighted by atomic mass is 19.3. The predicted octanol–water partition coefficient (Wildman–Crippen LogP) is 6.70. The van der Waals surface area contributed by atoms with Crippen molar-refractivity contribution in [2.24, 2.45) is 0 Å². The van der Waals surface area contributed by atoms with Gasteiger partial charge in [0.05, 0.1) is 40.9 Å². The third kappa shape index (κ3) is 7.32. The van der Waals surface area contributed by atoms with Gasteiger partial charge in [0.15, 0.2) is 0 Å². The van der Waals surface area contributed by atoms with E-state index in [1.54, 1.807) is 74.0 Å². The number of likely N-dealkylation sites (tertiary alicyclic amines) is 1. The Labute approximate surface area is 286 Å². The van der Waals surface area contributed by atoms with Gasteiger partial charge in [-0.2, -0.15) is 18.6 Å². The van der Waals surface area contributed by atoms with Crippen LogP contribution in [-0.4, -0.2) is 81.2 Å². The van der Waals surface area contributed by atoms with Gasteiger partial charge in [-0.25, -0.2) is 9.18 Å². The minimum atomic E-state index is -2.88. The number of nitrogens with zero attached hydrogens (tertiary/aromatic N) is 8. The van der Waals surface area contributed by atoms with Gasteiger partial charge < -0.3 is 23.9 Å². The molecule has 6 rings (SSSR count). The molecular formula is C35H37F3N8O4. The number of hydrogen-bond acceptors (Lipinski definition) is 10. The van der Waals surface area contributed by atoms with Gasteiger partial charge in [0.1, 0.15) is 11.4 Å². The van der Waals surface area contributed by atoms with Crippen LogP contribution in [0, 0.1) is 5.82 Å². The number of rotatable bonds is 9. The van der Waals surface area contributed by atoms with Gasteiger partial charge in [0.2, 0.25) is 12.3 Å². The highest BCUT2D eigenvalue weighted by Gasteiger charge is 2.28. The first-order chi connectivity index (χ1) is 23.8. The predicted molar refractivity (Wildman–Crippen MR) is 180 cm³/mol. The maximum atomic E-state index is 16.2. The minimum Gasteiger partial charge on any atom is -0.442 e. The molecule has 3 aromatic heterocycles. The van der Waals surface area contributed by atoms with Crippen LogP contribution >= 0.6 is 0 Å². The van der Waals surface area contributed by atoms with Gasteiger partial charge in [0, 0.05) is 30.2 Å². The van der Waals surface area contributed by atoms with E-state index in [4.69, 9.17) is 9.15 Å². The van der Waals surface area contributed by atoms with E-state index in [1.807, 2.05) is 7.05 Å². The van der Waals surface area contributed by atoms with Gasteiger partial charge in [-0.1, -0.05) is 6.07 Å². The van der Waals surface area contributed by atoms with E-state index in [2.05, 4.69) is 25.2 Å². The fourth-order valence-corrected chi connectivity index (χ4v) is 5.96. The number of aromatic nitrogens is 5. The van der Waals surface area contributed by atoms with Crippen LogP contribution in [-0.2, 0) is 16.1 Å². The van der Waals surface area contributed by atoms with Crippen molar-refractivity contribution in [3.05, 3.63) is 72.3 Å². The molecule has 1 amide bonds. The summed E-state index contributed by atoms with van der Waals surface area (Å²) in [4.78, 5) is 35.6. The number of benzene rings is 2. The van der Waals surface area contributed by atoms with Crippen molar-refractivity contribution in [2.45, 2.75) is 58.2 Å². The standard InChI is InChI=1S/C35H37F3N8O4/c1-35(2,3)50-34(48)46-28-9-7-21(14-23(28)18-40-46)26-15-30(45(20-47)25-10-12-43(4)13-11-25)29(16-27(26)36)44(5)19-24-8-6-22(17-39-24)32-41-42-33(49-32)31(37)38/h6-9,14-18,20,25,31H,10-13,19H2,1-5H3. The average Bonchev–Trinajstić information content (AvgIpc) is 3.74. The van der Waals surface area contributed by atoms with Crippen molar-refractivity contribution in [3.8, 4) is 22.6 Å². The van der Waals surface area contributed by atoms with Crippen LogP contribution in [0.15, 0.2) is 59.3 Å². The summed E-state index contributed by atoms with van der Waals surface area (Å²) >= 11 is 0. The lowest BCUT2D eigenvalue weighted by molar-refractivity contribution is -0.108. The number of carbonyl (C=O) groups is 2. The first-order valence-corrected chi connectivity index (χ1v) is 16.1. The van der Waals surface area contributed by atoms with Crippen LogP contribution in [0.2, 0.25) is 0 Å². The van der Waals surface area contributed by atoms with E-state index in [1.165, 1.54) is 23.1 Å². The van der Waals surface area contributed by atoms with Gasteiger partial charge >= 0.3 is 12.5 Å². The number of carbonyl (C=O) groups excluding carboxylic acids is 2. The molecule has 262 valence electrons. The van der Waals surface area contributed by atoms with Crippen molar-refractivity contribution in [1.82, 2.24) is 29.9 Å². The zero-order valence-corrected chi connectivity index (χ0v) is 28.3. The van der Waals surface area contributed by atoms with Crippen molar-refractivity contribution in [3.63, 3.8) is 0 Å². The molecule has 50 heavy (non-hydrogen) atoms. The molecule has 0 bridgehead atoms. The topological polar surface area (TPSA) is 123 Å². The number of pyridine rings is 1. The second-order valence-corrected chi connectivity index (χ2v) is 13.3. The van der Waals surface area contributed by atoms with E-state index in [9.17, 15) is 18.4 Å². The molecule has 12 nitrogen and oxygen atoms in total. The number of anilines is 2. The highest BCUT2D eigenvalue weighted by molar-refractivity contribution is 5.93. The maximum Gasteiger partial charge on any atom is 0.435 e. The number of piperidine rings is 1. The quantitative estimate of drug-likeness (QED) is 0.154. The van der Waals surface area contributed by atoms with Crippen LogP contribution in [0.25, 0.3) is 33.5 Å². The summed E-state index contributed by atoms with van der Waals surface area (Å²) in [7, 11) is 3.81. The number of amides is 1. The second-order valence-electron chi connectivity index (χ2n) is 13.3. The maximum absolute atomic E-state index is 16.2. The molecule has 15 heteroatoms. The van der Waals surface area contributed by atoms with Gasteiger partial charge in [0.25, 0.3) is 5.89 Å². The normalized spacial score (nSPS) is 14.3. The number of halogens is 3. The molecule has 0 saturated carbocycles. The Balaban J connectivity index is 1.34. The van der Waals surface area contributed by atoms with Crippen LogP contribution in [0.5, 0.6) is 0 Å². The summed E-state index contributed by atoms with van der Waals surface area (Å²) in [6.45, 7) is 7.15. The largest absolute Gasteiger partial charge is 0.442 e. The Kier molecular flexibility index (Phi) is 9.60. The average molecular weight is 691 g/mol.